The highest BCUT2D eigenvalue weighted by Crippen LogP contribution is 2.39. The van der Waals surface area contributed by atoms with Crippen molar-refractivity contribution in [3.63, 3.8) is 0 Å². The van der Waals surface area contributed by atoms with Crippen LogP contribution in [0.4, 0.5) is 0 Å². The first-order chi connectivity index (χ1) is 14.5. The molecule has 4 nitrogen and oxygen atoms in total. The molecule has 0 bridgehead atoms. The topological polar surface area (TPSA) is 49.4 Å². The molecule has 1 saturated carbocycles. The minimum atomic E-state index is -3.60. The number of likely N-dealkylation sites (tertiary alicyclic amines) is 1. The Morgan fingerprint density at radius 1 is 0.867 bits per heavy atom. The van der Waals surface area contributed by atoms with E-state index in [-0.39, 0.29) is 6.04 Å². The van der Waals surface area contributed by atoms with Gasteiger partial charge < -0.3 is 4.90 Å². The predicted molar refractivity (Wildman–Crippen MR) is 122 cm³/mol. The second-order valence-corrected chi connectivity index (χ2v) is 10.6. The monoisotopic (exact) mass is 426 g/mol. The van der Waals surface area contributed by atoms with Crippen LogP contribution in [0.1, 0.15) is 62.1 Å². The van der Waals surface area contributed by atoms with Gasteiger partial charge in [-0.05, 0) is 69.3 Å². The standard InChI is InChI=1S/C25H34N2O2S/c1-20-14-16-22(17-15-20)30(28,29)26-25(21-10-4-2-5-11-21)23-12-6-7-13-24(23)27-18-8-3-9-19-27/h2,4-5,10-11,14-17,23-26H,3,6-9,12-13,18-19H2,1H3/t23-,24+,25+/m1/s1. The number of aryl methyl sites for hydroxylation is 1. The molecule has 0 amide bonds. The lowest BCUT2D eigenvalue weighted by molar-refractivity contribution is 0.0695. The Morgan fingerprint density at radius 2 is 1.53 bits per heavy atom. The van der Waals surface area contributed by atoms with Crippen molar-refractivity contribution < 1.29 is 8.42 Å². The van der Waals surface area contributed by atoms with Gasteiger partial charge >= 0.3 is 0 Å². The quantitative estimate of drug-likeness (QED) is 0.702. The zero-order valence-corrected chi connectivity index (χ0v) is 18.8. The Hall–Kier alpha value is -1.69. The molecular weight excluding hydrogens is 392 g/mol. The van der Waals surface area contributed by atoms with E-state index in [1.807, 2.05) is 37.3 Å². The summed E-state index contributed by atoms with van der Waals surface area (Å²) in [5.41, 5.74) is 2.13. The van der Waals surface area contributed by atoms with Crippen molar-refractivity contribution in [2.45, 2.75) is 68.8 Å². The molecule has 2 aromatic rings. The van der Waals surface area contributed by atoms with Crippen molar-refractivity contribution in [1.82, 2.24) is 9.62 Å². The van der Waals surface area contributed by atoms with Gasteiger partial charge in [-0.1, -0.05) is 67.3 Å². The fourth-order valence-corrected chi connectivity index (χ4v) is 6.52. The van der Waals surface area contributed by atoms with Gasteiger partial charge in [-0.2, -0.15) is 0 Å². The lowest BCUT2D eigenvalue weighted by atomic mass is 9.76. The number of piperidine rings is 1. The average molecular weight is 427 g/mol. The van der Waals surface area contributed by atoms with E-state index in [9.17, 15) is 8.42 Å². The van der Waals surface area contributed by atoms with Crippen LogP contribution in [0.5, 0.6) is 0 Å². The Morgan fingerprint density at radius 3 is 2.23 bits per heavy atom. The first kappa shape index (κ1) is 21.5. The molecule has 1 heterocycles. The van der Waals surface area contributed by atoms with Crippen LogP contribution in [0.3, 0.4) is 0 Å². The van der Waals surface area contributed by atoms with Crippen LogP contribution in [0.25, 0.3) is 0 Å². The summed E-state index contributed by atoms with van der Waals surface area (Å²) in [6, 6.07) is 17.6. The van der Waals surface area contributed by atoms with Crippen molar-refractivity contribution in [1.29, 1.82) is 0 Å². The number of sulfonamides is 1. The van der Waals surface area contributed by atoms with Gasteiger partial charge in [-0.15, -0.1) is 0 Å². The van der Waals surface area contributed by atoms with Crippen molar-refractivity contribution in [3.05, 3.63) is 65.7 Å². The van der Waals surface area contributed by atoms with E-state index < -0.39 is 10.0 Å². The second-order valence-electron chi connectivity index (χ2n) is 8.93. The molecule has 1 N–H and O–H groups in total. The molecule has 1 saturated heterocycles. The highest BCUT2D eigenvalue weighted by atomic mass is 32.2. The third-order valence-electron chi connectivity index (χ3n) is 6.84. The number of nitrogens with one attached hydrogen (secondary N) is 1. The van der Waals surface area contributed by atoms with Gasteiger partial charge in [0.2, 0.25) is 10.0 Å². The second kappa shape index (κ2) is 9.63. The van der Waals surface area contributed by atoms with Crippen molar-refractivity contribution >= 4 is 10.0 Å². The third kappa shape index (κ3) is 4.96. The van der Waals surface area contributed by atoms with Gasteiger partial charge in [0.05, 0.1) is 10.9 Å². The molecule has 1 aliphatic heterocycles. The molecule has 2 aliphatic rings. The molecule has 2 fully saturated rings. The van der Waals surface area contributed by atoms with Gasteiger partial charge in [-0.3, -0.25) is 0 Å². The van der Waals surface area contributed by atoms with E-state index in [0.717, 1.165) is 30.6 Å². The zero-order chi connectivity index (χ0) is 21.0. The molecule has 4 rings (SSSR count). The van der Waals surface area contributed by atoms with Crippen LogP contribution in [0, 0.1) is 12.8 Å². The number of benzene rings is 2. The van der Waals surface area contributed by atoms with E-state index in [1.54, 1.807) is 12.1 Å². The van der Waals surface area contributed by atoms with Gasteiger partial charge in [0.1, 0.15) is 0 Å². The number of hydrogen-bond acceptors (Lipinski definition) is 3. The Bertz CT molecular complexity index is 906. The van der Waals surface area contributed by atoms with Crippen LogP contribution in [0.15, 0.2) is 59.5 Å². The van der Waals surface area contributed by atoms with E-state index >= 15 is 0 Å². The Labute approximate surface area is 181 Å². The fourth-order valence-electron chi connectivity index (χ4n) is 5.25. The van der Waals surface area contributed by atoms with Crippen LogP contribution >= 0.6 is 0 Å². The van der Waals surface area contributed by atoms with Gasteiger partial charge in [0, 0.05) is 6.04 Å². The smallest absolute Gasteiger partial charge is 0.241 e. The summed E-state index contributed by atoms with van der Waals surface area (Å²) in [5, 5.41) is 0. The summed E-state index contributed by atoms with van der Waals surface area (Å²) in [7, 11) is -3.60. The SMILES string of the molecule is Cc1ccc(S(=O)(=O)N[C@@H](c2ccccc2)[C@@H]2CCCC[C@@H]2N2CCCCC2)cc1. The molecule has 30 heavy (non-hydrogen) atoms. The minimum absolute atomic E-state index is 0.204. The highest BCUT2D eigenvalue weighted by Gasteiger charge is 2.38. The number of hydrogen-bond donors (Lipinski definition) is 1. The summed E-state index contributed by atoms with van der Waals surface area (Å²) in [5.74, 6) is 0.291. The summed E-state index contributed by atoms with van der Waals surface area (Å²) < 4.78 is 29.8. The maximum atomic E-state index is 13.3. The Balaban J connectivity index is 1.66. The summed E-state index contributed by atoms with van der Waals surface area (Å²) in [6.07, 6.45) is 8.48. The third-order valence-corrected chi connectivity index (χ3v) is 8.30. The first-order valence-corrected chi connectivity index (χ1v) is 12.9. The van der Waals surface area contributed by atoms with E-state index in [4.69, 9.17) is 0 Å². The lowest BCUT2D eigenvalue weighted by Crippen LogP contribution is -2.49. The summed E-state index contributed by atoms with van der Waals surface area (Å²) in [4.78, 5) is 2.99. The molecule has 0 unspecified atom stereocenters. The molecule has 0 radical (unpaired) electrons. The van der Waals surface area contributed by atoms with Gasteiger partial charge in [-0.25, -0.2) is 13.1 Å². The Kier molecular flexibility index (Phi) is 6.91. The summed E-state index contributed by atoms with van der Waals surface area (Å²) >= 11 is 0. The normalized spacial score (nSPS) is 24.4. The number of nitrogens with zero attached hydrogens (tertiary/aromatic N) is 1. The van der Waals surface area contributed by atoms with Crippen molar-refractivity contribution in [2.24, 2.45) is 5.92 Å². The van der Waals surface area contributed by atoms with Crippen molar-refractivity contribution in [2.75, 3.05) is 13.1 Å². The lowest BCUT2D eigenvalue weighted by Gasteiger charge is -2.45. The molecule has 0 aromatic heterocycles. The van der Waals surface area contributed by atoms with Crippen LogP contribution in [-0.4, -0.2) is 32.4 Å². The minimum Gasteiger partial charge on any atom is -0.300 e. The number of rotatable bonds is 6. The maximum absolute atomic E-state index is 13.3. The molecule has 0 spiro atoms. The highest BCUT2D eigenvalue weighted by molar-refractivity contribution is 7.89. The van der Waals surface area contributed by atoms with E-state index in [0.29, 0.717) is 16.9 Å². The van der Waals surface area contributed by atoms with Crippen LogP contribution in [-0.2, 0) is 10.0 Å². The molecule has 5 heteroatoms. The van der Waals surface area contributed by atoms with E-state index in [1.165, 1.54) is 38.5 Å². The van der Waals surface area contributed by atoms with E-state index in [2.05, 4.69) is 21.8 Å². The molecule has 2 aromatic carbocycles. The van der Waals surface area contributed by atoms with Crippen molar-refractivity contribution in [3.8, 4) is 0 Å². The van der Waals surface area contributed by atoms with Gasteiger partial charge in [0.25, 0.3) is 0 Å². The molecule has 162 valence electrons. The molecular formula is C25H34N2O2S. The van der Waals surface area contributed by atoms with Gasteiger partial charge in [0.15, 0.2) is 0 Å². The first-order valence-electron chi connectivity index (χ1n) is 11.4. The maximum Gasteiger partial charge on any atom is 0.241 e. The predicted octanol–water partition coefficient (Wildman–Crippen LogP) is 5.06. The zero-order valence-electron chi connectivity index (χ0n) is 18.0. The summed E-state index contributed by atoms with van der Waals surface area (Å²) in [6.45, 7) is 4.27. The largest absolute Gasteiger partial charge is 0.300 e. The fraction of sp³-hybridized carbons (Fsp3) is 0.520. The average Bonchev–Trinajstić information content (AvgIpc) is 2.79. The van der Waals surface area contributed by atoms with Crippen LogP contribution < -0.4 is 4.72 Å². The molecule has 1 aliphatic carbocycles. The molecule has 3 atom stereocenters. The van der Waals surface area contributed by atoms with Crippen LogP contribution in [0.2, 0.25) is 0 Å².